The number of hydrogen-bond acceptors (Lipinski definition) is 7. The van der Waals surface area contributed by atoms with Gasteiger partial charge in [0, 0.05) is 6.26 Å². The minimum absolute atomic E-state index is 0.105. The molecule has 0 saturated heterocycles. The van der Waals surface area contributed by atoms with Crippen molar-refractivity contribution in [3.8, 4) is 5.75 Å². The van der Waals surface area contributed by atoms with E-state index in [4.69, 9.17) is 10.3 Å². The highest BCUT2D eigenvalue weighted by Gasteiger charge is 2.24. The summed E-state index contributed by atoms with van der Waals surface area (Å²) in [5.41, 5.74) is 6.88. The maximum atomic E-state index is 11.5. The van der Waals surface area contributed by atoms with Gasteiger partial charge in [-0.05, 0) is 31.0 Å². The first-order valence-electron chi connectivity index (χ1n) is 6.33. The van der Waals surface area contributed by atoms with Crippen LogP contribution in [0.3, 0.4) is 0 Å². The Hall–Kier alpha value is -1.93. The maximum Gasteiger partial charge on any atom is 0.243 e. The highest BCUT2D eigenvalue weighted by atomic mass is 32.2. The highest BCUT2D eigenvalue weighted by Crippen LogP contribution is 2.21. The lowest BCUT2D eigenvalue weighted by molar-refractivity contribution is 0.350. The number of phenols is 1. The zero-order chi connectivity index (χ0) is 15.6. The second-order valence-electron chi connectivity index (χ2n) is 4.94. The molecule has 0 saturated carbocycles. The molecule has 2 aromatic rings. The van der Waals surface area contributed by atoms with Crippen molar-refractivity contribution in [3.63, 3.8) is 0 Å². The summed E-state index contributed by atoms with van der Waals surface area (Å²) in [5, 5.41) is 12.1. The third kappa shape index (κ3) is 3.79. The third-order valence-electron chi connectivity index (χ3n) is 3.17. The summed E-state index contributed by atoms with van der Waals surface area (Å²) in [4.78, 5) is 4.06. The first-order valence-corrected chi connectivity index (χ1v) is 8.28. The summed E-state index contributed by atoms with van der Waals surface area (Å²) in [7, 11) is -3.29. The van der Waals surface area contributed by atoms with Gasteiger partial charge in [0.15, 0.2) is 15.7 Å². The molecule has 0 aliphatic carbocycles. The molecule has 3 N–H and O–H groups in total. The molecule has 0 fully saturated rings. The Morgan fingerprint density at radius 2 is 1.95 bits per heavy atom. The van der Waals surface area contributed by atoms with Gasteiger partial charge in [-0.2, -0.15) is 4.98 Å². The molecule has 1 unspecified atom stereocenters. The van der Waals surface area contributed by atoms with Gasteiger partial charge in [-0.15, -0.1) is 0 Å². The summed E-state index contributed by atoms with van der Waals surface area (Å²) in [5.74, 6) is 0.469. The molecule has 0 spiro atoms. The van der Waals surface area contributed by atoms with Gasteiger partial charge in [0.25, 0.3) is 0 Å². The van der Waals surface area contributed by atoms with Crippen molar-refractivity contribution in [1.29, 1.82) is 0 Å². The molecule has 114 valence electrons. The molecule has 0 bridgehead atoms. The highest BCUT2D eigenvalue weighted by molar-refractivity contribution is 7.90. The summed E-state index contributed by atoms with van der Waals surface area (Å²) in [6, 6.07) is 6.07. The van der Waals surface area contributed by atoms with Crippen LogP contribution in [0.5, 0.6) is 5.75 Å². The van der Waals surface area contributed by atoms with Crippen LogP contribution in [0, 0.1) is 0 Å². The summed E-state index contributed by atoms with van der Waals surface area (Å²) >= 11 is 0. The number of hydrogen-bond donors (Lipinski definition) is 2. The average molecular weight is 311 g/mol. The van der Waals surface area contributed by atoms with Crippen LogP contribution in [0.2, 0.25) is 0 Å². The van der Waals surface area contributed by atoms with Crippen molar-refractivity contribution in [2.75, 3.05) is 6.26 Å². The minimum atomic E-state index is -3.29. The van der Waals surface area contributed by atoms with Crippen molar-refractivity contribution >= 4 is 9.84 Å². The Balaban J connectivity index is 2.12. The molecule has 7 nitrogen and oxygen atoms in total. The largest absolute Gasteiger partial charge is 0.508 e. The Morgan fingerprint density at radius 1 is 1.33 bits per heavy atom. The van der Waals surface area contributed by atoms with Crippen LogP contribution in [-0.2, 0) is 16.3 Å². The lowest BCUT2D eigenvalue weighted by Crippen LogP contribution is -2.14. The van der Waals surface area contributed by atoms with E-state index in [1.54, 1.807) is 24.3 Å². The van der Waals surface area contributed by atoms with E-state index in [0.29, 0.717) is 6.42 Å². The molecule has 2 rings (SSSR count). The van der Waals surface area contributed by atoms with Gasteiger partial charge in [0.1, 0.15) is 11.0 Å². The standard InChI is InChI=1S/C13H17N3O4S/c1-8(21(2,18)19)12-15-13(20-16-12)11(14)7-9-3-5-10(17)6-4-9/h3-6,8,11,17H,7,14H2,1-2H3/t8?,11-/m0/s1. The van der Waals surface area contributed by atoms with Crippen LogP contribution in [0.25, 0.3) is 0 Å². The topological polar surface area (TPSA) is 119 Å². The summed E-state index contributed by atoms with van der Waals surface area (Å²) in [6.07, 6.45) is 1.55. The van der Waals surface area contributed by atoms with Crippen LogP contribution in [-0.4, -0.2) is 29.9 Å². The van der Waals surface area contributed by atoms with Crippen molar-refractivity contribution in [3.05, 3.63) is 41.5 Å². The predicted octanol–water partition coefficient (Wildman–Crippen LogP) is 1.12. The molecule has 1 heterocycles. The zero-order valence-electron chi connectivity index (χ0n) is 11.7. The van der Waals surface area contributed by atoms with Gasteiger partial charge < -0.3 is 15.4 Å². The number of aromatic nitrogens is 2. The molecular weight excluding hydrogens is 294 g/mol. The van der Waals surface area contributed by atoms with Crippen LogP contribution in [0.15, 0.2) is 28.8 Å². The first kappa shape index (κ1) is 15.5. The van der Waals surface area contributed by atoms with Crippen molar-refractivity contribution in [2.45, 2.75) is 24.6 Å². The summed E-state index contributed by atoms with van der Waals surface area (Å²) < 4.78 is 28.0. The average Bonchev–Trinajstić information content (AvgIpc) is 2.89. The fraction of sp³-hybridized carbons (Fsp3) is 0.385. The van der Waals surface area contributed by atoms with Gasteiger partial charge >= 0.3 is 0 Å². The van der Waals surface area contributed by atoms with E-state index in [1.165, 1.54) is 6.92 Å². The van der Waals surface area contributed by atoms with Crippen molar-refractivity contribution in [2.24, 2.45) is 5.73 Å². The SMILES string of the molecule is CC(c1noc([C@@H](N)Cc2ccc(O)cc2)n1)S(C)(=O)=O. The Morgan fingerprint density at radius 3 is 2.52 bits per heavy atom. The predicted molar refractivity (Wildman–Crippen MR) is 76.3 cm³/mol. The van der Waals surface area contributed by atoms with Crippen molar-refractivity contribution < 1.29 is 18.0 Å². The Bertz CT molecular complexity index is 709. The molecule has 0 aliphatic rings. The second kappa shape index (κ2) is 5.82. The van der Waals surface area contributed by atoms with E-state index in [1.807, 2.05) is 0 Å². The number of sulfone groups is 1. The third-order valence-corrected chi connectivity index (χ3v) is 4.67. The number of rotatable bonds is 5. The number of aromatic hydroxyl groups is 1. The lowest BCUT2D eigenvalue weighted by atomic mass is 10.1. The van der Waals surface area contributed by atoms with Crippen LogP contribution >= 0.6 is 0 Å². The smallest absolute Gasteiger partial charge is 0.243 e. The fourth-order valence-corrected chi connectivity index (χ4v) is 2.21. The van der Waals surface area contributed by atoms with E-state index in [-0.39, 0.29) is 17.5 Å². The van der Waals surface area contributed by atoms with E-state index < -0.39 is 21.1 Å². The van der Waals surface area contributed by atoms with Gasteiger partial charge in [-0.1, -0.05) is 17.3 Å². The number of benzene rings is 1. The molecule has 2 atom stereocenters. The van der Waals surface area contributed by atoms with Crippen LogP contribution in [0.1, 0.15) is 35.5 Å². The van der Waals surface area contributed by atoms with E-state index in [0.717, 1.165) is 11.8 Å². The molecule has 1 aromatic carbocycles. The fourth-order valence-electron chi connectivity index (χ4n) is 1.73. The number of phenolic OH excluding ortho intramolecular Hbond substituents is 1. The minimum Gasteiger partial charge on any atom is -0.508 e. The first-order chi connectivity index (χ1) is 9.77. The molecule has 1 aromatic heterocycles. The molecular formula is C13H17N3O4S. The van der Waals surface area contributed by atoms with Crippen LogP contribution in [0.4, 0.5) is 0 Å². The molecule has 0 aliphatic heterocycles. The van der Waals surface area contributed by atoms with E-state index >= 15 is 0 Å². The van der Waals surface area contributed by atoms with E-state index in [2.05, 4.69) is 10.1 Å². The molecule has 0 amide bonds. The maximum absolute atomic E-state index is 11.5. The quantitative estimate of drug-likeness (QED) is 0.849. The normalized spacial score (nSPS) is 14.8. The summed E-state index contributed by atoms with van der Waals surface area (Å²) in [6.45, 7) is 1.50. The molecule has 8 heteroatoms. The monoisotopic (exact) mass is 311 g/mol. The van der Waals surface area contributed by atoms with E-state index in [9.17, 15) is 13.5 Å². The lowest BCUT2D eigenvalue weighted by Gasteiger charge is -2.07. The van der Waals surface area contributed by atoms with Gasteiger partial charge in [-0.3, -0.25) is 0 Å². The molecule has 0 radical (unpaired) electrons. The van der Waals surface area contributed by atoms with Crippen molar-refractivity contribution in [1.82, 2.24) is 10.1 Å². The van der Waals surface area contributed by atoms with Gasteiger partial charge in [-0.25, -0.2) is 8.42 Å². The zero-order valence-corrected chi connectivity index (χ0v) is 12.5. The Kier molecular flexibility index (Phi) is 4.29. The van der Waals surface area contributed by atoms with Crippen LogP contribution < -0.4 is 5.73 Å². The Labute approximate surface area is 122 Å². The van der Waals surface area contributed by atoms with Gasteiger partial charge in [0.05, 0.1) is 6.04 Å². The number of nitrogens with zero attached hydrogens (tertiary/aromatic N) is 2. The second-order valence-corrected chi connectivity index (χ2v) is 7.31. The molecule has 21 heavy (non-hydrogen) atoms. The van der Waals surface area contributed by atoms with Gasteiger partial charge in [0.2, 0.25) is 5.89 Å². The number of nitrogens with two attached hydrogens (primary N) is 1.